The van der Waals surface area contributed by atoms with E-state index in [0.29, 0.717) is 5.69 Å². The second-order valence-electron chi connectivity index (χ2n) is 5.86. The first-order valence-electron chi connectivity index (χ1n) is 7.78. The van der Waals surface area contributed by atoms with Crippen LogP contribution in [0.2, 0.25) is 0 Å². The van der Waals surface area contributed by atoms with Crippen molar-refractivity contribution in [2.75, 3.05) is 11.9 Å². The van der Waals surface area contributed by atoms with Crippen LogP contribution in [-0.4, -0.2) is 33.4 Å². The Morgan fingerprint density at radius 1 is 1.33 bits per heavy atom. The number of amides is 1. The number of fused-ring (bicyclic) bond motifs is 1. The topological polar surface area (TPSA) is 93.2 Å². The number of rotatable bonds is 5. The highest BCUT2D eigenvalue weighted by atomic mass is 16.3. The van der Waals surface area contributed by atoms with Gasteiger partial charge in [-0.15, -0.1) is 0 Å². The maximum atomic E-state index is 11.9. The van der Waals surface area contributed by atoms with E-state index in [1.165, 1.54) is 0 Å². The number of hydrogen-bond acceptors (Lipinski definition) is 4. The Balaban J connectivity index is 1.90. The molecule has 3 aromatic rings. The van der Waals surface area contributed by atoms with Crippen molar-refractivity contribution in [2.45, 2.75) is 19.4 Å². The molecule has 0 bridgehead atoms. The lowest BCUT2D eigenvalue weighted by molar-refractivity contribution is -0.116. The summed E-state index contributed by atoms with van der Waals surface area (Å²) in [4.78, 5) is 11.9. The van der Waals surface area contributed by atoms with Crippen LogP contribution in [0.15, 0.2) is 48.7 Å². The van der Waals surface area contributed by atoms with Gasteiger partial charge in [-0.25, -0.2) is 4.68 Å². The van der Waals surface area contributed by atoms with E-state index in [9.17, 15) is 4.79 Å². The minimum atomic E-state index is -0.549. The predicted octanol–water partition coefficient (Wildman–Crippen LogP) is 1.98. The van der Waals surface area contributed by atoms with Crippen molar-refractivity contribution >= 4 is 22.5 Å². The van der Waals surface area contributed by atoms with Gasteiger partial charge in [0, 0.05) is 23.5 Å². The Hall–Kier alpha value is -2.70. The minimum absolute atomic E-state index is 0.0751. The van der Waals surface area contributed by atoms with Gasteiger partial charge < -0.3 is 16.2 Å². The monoisotopic (exact) mass is 324 g/mol. The van der Waals surface area contributed by atoms with Gasteiger partial charge in [-0.3, -0.25) is 4.79 Å². The number of nitrogens with zero attached hydrogens (tertiary/aromatic N) is 2. The number of nitrogens with two attached hydrogens (primary N) is 1. The van der Waals surface area contributed by atoms with E-state index in [2.05, 4.69) is 16.5 Å². The molecule has 0 aliphatic rings. The highest BCUT2D eigenvalue weighted by molar-refractivity contribution is 5.94. The van der Waals surface area contributed by atoms with E-state index >= 15 is 0 Å². The van der Waals surface area contributed by atoms with Crippen molar-refractivity contribution in [3.05, 3.63) is 54.2 Å². The fourth-order valence-electron chi connectivity index (χ4n) is 2.58. The van der Waals surface area contributed by atoms with Gasteiger partial charge in [-0.2, -0.15) is 5.10 Å². The van der Waals surface area contributed by atoms with Crippen LogP contribution >= 0.6 is 0 Å². The van der Waals surface area contributed by atoms with E-state index in [-0.39, 0.29) is 18.9 Å². The molecule has 1 amide bonds. The van der Waals surface area contributed by atoms with Gasteiger partial charge in [0.05, 0.1) is 24.0 Å². The molecule has 124 valence electrons. The summed E-state index contributed by atoms with van der Waals surface area (Å²) < 4.78 is 1.84. The number of aliphatic hydroxyl groups excluding tert-OH is 1. The standard InChI is InChI=1S/C18H20N4O2/c1-12-3-2-4-16(7-12)22-17-9-15(6-5-13(17)10-20-22)21-18(24)8-14(19)11-23/h2-7,9-10,14,23H,8,11,19H2,1H3,(H,21,24)/t14-/m0/s1. The number of anilines is 1. The molecule has 0 aliphatic carbocycles. The summed E-state index contributed by atoms with van der Waals surface area (Å²) in [7, 11) is 0. The van der Waals surface area contributed by atoms with Gasteiger partial charge >= 0.3 is 0 Å². The molecule has 0 saturated carbocycles. The van der Waals surface area contributed by atoms with Crippen molar-refractivity contribution in [1.29, 1.82) is 0 Å². The Bertz CT molecular complexity index is 872. The maximum Gasteiger partial charge on any atom is 0.226 e. The SMILES string of the molecule is Cc1cccc(-n2ncc3ccc(NC(=O)C[C@H](N)CO)cc32)c1. The van der Waals surface area contributed by atoms with E-state index in [4.69, 9.17) is 10.8 Å². The number of hydrogen-bond donors (Lipinski definition) is 3. The van der Waals surface area contributed by atoms with Crippen LogP contribution in [0.1, 0.15) is 12.0 Å². The number of benzene rings is 2. The molecule has 6 heteroatoms. The summed E-state index contributed by atoms with van der Waals surface area (Å²) in [6, 6.07) is 13.1. The molecular weight excluding hydrogens is 304 g/mol. The highest BCUT2D eigenvalue weighted by Gasteiger charge is 2.10. The zero-order valence-electron chi connectivity index (χ0n) is 13.4. The van der Waals surface area contributed by atoms with Crippen molar-refractivity contribution in [2.24, 2.45) is 5.73 Å². The maximum absolute atomic E-state index is 11.9. The van der Waals surface area contributed by atoms with Crippen molar-refractivity contribution < 1.29 is 9.90 Å². The summed E-state index contributed by atoms with van der Waals surface area (Å²) in [5, 5.41) is 17.2. The van der Waals surface area contributed by atoms with Gasteiger partial charge in [0.25, 0.3) is 0 Å². The van der Waals surface area contributed by atoms with E-state index < -0.39 is 6.04 Å². The lowest BCUT2D eigenvalue weighted by Gasteiger charge is -2.10. The van der Waals surface area contributed by atoms with Crippen molar-refractivity contribution in [3.8, 4) is 5.69 Å². The molecule has 0 fully saturated rings. The smallest absolute Gasteiger partial charge is 0.226 e. The third kappa shape index (κ3) is 3.45. The second kappa shape index (κ2) is 6.82. The fraction of sp³-hybridized carbons (Fsp3) is 0.222. The van der Waals surface area contributed by atoms with Crippen molar-refractivity contribution in [1.82, 2.24) is 9.78 Å². The Morgan fingerprint density at radius 3 is 2.92 bits per heavy atom. The summed E-state index contributed by atoms with van der Waals surface area (Å²) in [6.45, 7) is 1.82. The highest BCUT2D eigenvalue weighted by Crippen LogP contribution is 2.22. The molecule has 24 heavy (non-hydrogen) atoms. The number of carbonyl (C=O) groups is 1. The number of aromatic nitrogens is 2. The summed E-state index contributed by atoms with van der Waals surface area (Å²) in [6.07, 6.45) is 1.87. The quantitative estimate of drug-likeness (QED) is 0.669. The molecule has 2 aromatic carbocycles. The van der Waals surface area contributed by atoms with Gasteiger partial charge in [0.2, 0.25) is 5.91 Å². The molecule has 3 rings (SSSR count). The van der Waals surface area contributed by atoms with Gasteiger partial charge in [0.1, 0.15) is 0 Å². The van der Waals surface area contributed by atoms with Crippen LogP contribution < -0.4 is 11.1 Å². The molecular formula is C18H20N4O2. The molecule has 0 unspecified atom stereocenters. The van der Waals surface area contributed by atoms with E-state index in [1.807, 2.05) is 48.0 Å². The summed E-state index contributed by atoms with van der Waals surface area (Å²) >= 11 is 0. The zero-order chi connectivity index (χ0) is 17.1. The van der Waals surface area contributed by atoms with Crippen LogP contribution in [0.4, 0.5) is 5.69 Å². The molecule has 0 aliphatic heterocycles. The fourth-order valence-corrected chi connectivity index (χ4v) is 2.58. The lowest BCUT2D eigenvalue weighted by atomic mass is 10.2. The molecule has 1 aromatic heterocycles. The van der Waals surface area contributed by atoms with Gasteiger partial charge in [-0.05, 0) is 42.8 Å². The molecule has 0 saturated heterocycles. The van der Waals surface area contributed by atoms with Crippen LogP contribution in [0.25, 0.3) is 16.6 Å². The third-order valence-corrected chi connectivity index (χ3v) is 3.78. The van der Waals surface area contributed by atoms with Crippen LogP contribution in [0.5, 0.6) is 0 Å². The Labute approximate surface area is 139 Å². The molecule has 1 heterocycles. The van der Waals surface area contributed by atoms with Crippen LogP contribution in [0.3, 0.4) is 0 Å². The van der Waals surface area contributed by atoms with Crippen LogP contribution in [-0.2, 0) is 4.79 Å². The normalized spacial score (nSPS) is 12.3. The average molecular weight is 324 g/mol. The molecule has 6 nitrogen and oxygen atoms in total. The zero-order valence-corrected chi connectivity index (χ0v) is 13.4. The van der Waals surface area contributed by atoms with Crippen LogP contribution in [0, 0.1) is 6.92 Å². The average Bonchev–Trinajstić information content (AvgIpc) is 2.97. The van der Waals surface area contributed by atoms with Crippen molar-refractivity contribution in [3.63, 3.8) is 0 Å². The molecule has 0 spiro atoms. The van der Waals surface area contributed by atoms with E-state index in [0.717, 1.165) is 22.2 Å². The summed E-state index contributed by atoms with van der Waals surface area (Å²) in [5.74, 6) is -0.225. The molecule has 4 N–H and O–H groups in total. The molecule has 0 radical (unpaired) electrons. The Kier molecular flexibility index (Phi) is 4.59. The van der Waals surface area contributed by atoms with Gasteiger partial charge in [0.15, 0.2) is 0 Å². The number of nitrogens with one attached hydrogen (secondary N) is 1. The number of aryl methyl sites for hydroxylation is 1. The molecule has 1 atom stereocenters. The van der Waals surface area contributed by atoms with Gasteiger partial charge in [-0.1, -0.05) is 12.1 Å². The third-order valence-electron chi connectivity index (χ3n) is 3.78. The lowest BCUT2D eigenvalue weighted by Crippen LogP contribution is -2.30. The second-order valence-corrected chi connectivity index (χ2v) is 5.86. The Morgan fingerprint density at radius 2 is 2.17 bits per heavy atom. The first-order chi connectivity index (χ1) is 11.6. The minimum Gasteiger partial charge on any atom is -0.395 e. The first kappa shape index (κ1) is 16.2. The number of aliphatic hydroxyl groups is 1. The summed E-state index contributed by atoms with van der Waals surface area (Å²) in [5.41, 5.74) is 9.29. The first-order valence-corrected chi connectivity index (χ1v) is 7.78. The van der Waals surface area contributed by atoms with E-state index in [1.54, 1.807) is 6.20 Å². The number of carbonyl (C=O) groups excluding carboxylic acids is 1. The predicted molar refractivity (Wildman–Crippen MR) is 94.1 cm³/mol. The largest absolute Gasteiger partial charge is 0.395 e.